The van der Waals surface area contributed by atoms with Crippen molar-refractivity contribution >= 4 is 17.5 Å². The summed E-state index contributed by atoms with van der Waals surface area (Å²) in [5, 5.41) is 2.82. The van der Waals surface area contributed by atoms with Crippen molar-refractivity contribution in [1.29, 1.82) is 0 Å². The van der Waals surface area contributed by atoms with Gasteiger partial charge in [-0.3, -0.25) is 4.79 Å². The first-order valence-corrected chi connectivity index (χ1v) is 6.31. The Hall–Kier alpha value is -1.29. The number of hydrogen-bond donors (Lipinski definition) is 1. The van der Waals surface area contributed by atoms with Crippen LogP contribution in [0.4, 0.5) is 4.39 Å². The van der Waals surface area contributed by atoms with Gasteiger partial charge < -0.3 is 10.1 Å². The van der Waals surface area contributed by atoms with Crippen molar-refractivity contribution in [2.75, 3.05) is 6.61 Å². The van der Waals surface area contributed by atoms with Crippen LogP contribution in [0, 0.1) is 5.82 Å². The molecule has 0 saturated heterocycles. The Morgan fingerprint density at radius 3 is 2.67 bits per heavy atom. The van der Waals surface area contributed by atoms with E-state index in [2.05, 4.69) is 5.32 Å². The molecule has 0 atom stereocenters. The SMILES string of the molecule is CCC(CC)NC(=O)COc1ccc(F)c(Cl)c1. The van der Waals surface area contributed by atoms with E-state index in [0.717, 1.165) is 12.8 Å². The van der Waals surface area contributed by atoms with Crippen molar-refractivity contribution in [3.05, 3.63) is 29.0 Å². The highest BCUT2D eigenvalue weighted by Crippen LogP contribution is 2.20. The summed E-state index contributed by atoms with van der Waals surface area (Å²) in [6.07, 6.45) is 1.76. The monoisotopic (exact) mass is 273 g/mol. The number of carbonyl (C=O) groups excluding carboxylic acids is 1. The number of carbonyl (C=O) groups is 1. The van der Waals surface area contributed by atoms with Crippen LogP contribution >= 0.6 is 11.6 Å². The van der Waals surface area contributed by atoms with Gasteiger partial charge in [-0.15, -0.1) is 0 Å². The predicted molar refractivity (Wildman–Crippen MR) is 69.4 cm³/mol. The molecule has 18 heavy (non-hydrogen) atoms. The molecule has 0 aliphatic rings. The average molecular weight is 274 g/mol. The van der Waals surface area contributed by atoms with Crippen LogP contribution < -0.4 is 10.1 Å². The van der Waals surface area contributed by atoms with Gasteiger partial charge in [-0.25, -0.2) is 4.39 Å². The van der Waals surface area contributed by atoms with E-state index in [1.54, 1.807) is 0 Å². The molecule has 0 unspecified atom stereocenters. The molecule has 0 aliphatic carbocycles. The zero-order chi connectivity index (χ0) is 13.5. The number of hydrogen-bond acceptors (Lipinski definition) is 2. The smallest absolute Gasteiger partial charge is 0.258 e. The topological polar surface area (TPSA) is 38.3 Å². The number of nitrogens with one attached hydrogen (secondary N) is 1. The molecule has 0 bridgehead atoms. The maximum Gasteiger partial charge on any atom is 0.258 e. The summed E-state index contributed by atoms with van der Waals surface area (Å²) in [5.41, 5.74) is 0. The Morgan fingerprint density at radius 1 is 1.44 bits per heavy atom. The molecule has 0 fully saturated rings. The van der Waals surface area contributed by atoms with Crippen molar-refractivity contribution in [3.63, 3.8) is 0 Å². The zero-order valence-corrected chi connectivity index (χ0v) is 11.3. The quantitative estimate of drug-likeness (QED) is 0.865. The van der Waals surface area contributed by atoms with Crippen molar-refractivity contribution in [3.8, 4) is 5.75 Å². The second-order valence-corrected chi connectivity index (χ2v) is 4.35. The van der Waals surface area contributed by atoms with E-state index in [9.17, 15) is 9.18 Å². The highest BCUT2D eigenvalue weighted by molar-refractivity contribution is 6.30. The van der Waals surface area contributed by atoms with E-state index in [-0.39, 0.29) is 23.6 Å². The van der Waals surface area contributed by atoms with Crippen LogP contribution in [0.5, 0.6) is 5.75 Å². The Morgan fingerprint density at radius 2 is 2.11 bits per heavy atom. The predicted octanol–water partition coefficient (Wildman–Crippen LogP) is 3.16. The van der Waals surface area contributed by atoms with Gasteiger partial charge in [0.2, 0.25) is 0 Å². The molecule has 1 amide bonds. The molecule has 1 N–H and O–H groups in total. The zero-order valence-electron chi connectivity index (χ0n) is 10.5. The fourth-order valence-electron chi connectivity index (χ4n) is 1.48. The molecule has 1 aromatic rings. The molecule has 3 nitrogen and oxygen atoms in total. The second-order valence-electron chi connectivity index (χ2n) is 3.95. The van der Waals surface area contributed by atoms with Crippen LogP contribution in [-0.2, 0) is 4.79 Å². The molecule has 0 saturated carbocycles. The minimum Gasteiger partial charge on any atom is -0.484 e. The van der Waals surface area contributed by atoms with Crippen LogP contribution in [0.2, 0.25) is 5.02 Å². The minimum atomic E-state index is -0.509. The number of ether oxygens (including phenoxy) is 1. The molecule has 1 rings (SSSR count). The van der Waals surface area contributed by atoms with Gasteiger partial charge in [0.05, 0.1) is 5.02 Å². The largest absolute Gasteiger partial charge is 0.484 e. The standard InChI is InChI=1S/C13H17ClFNO2/c1-3-9(4-2)16-13(17)8-18-10-5-6-12(15)11(14)7-10/h5-7,9H,3-4,8H2,1-2H3,(H,16,17). The fourth-order valence-corrected chi connectivity index (χ4v) is 1.65. The van der Waals surface area contributed by atoms with Crippen LogP contribution in [0.1, 0.15) is 26.7 Å². The van der Waals surface area contributed by atoms with Gasteiger partial charge in [0, 0.05) is 12.1 Å². The lowest BCUT2D eigenvalue weighted by molar-refractivity contribution is -0.123. The van der Waals surface area contributed by atoms with Crippen LogP contribution in [0.15, 0.2) is 18.2 Å². The lowest BCUT2D eigenvalue weighted by Crippen LogP contribution is -2.37. The summed E-state index contributed by atoms with van der Waals surface area (Å²) in [5.74, 6) is -0.323. The first-order valence-electron chi connectivity index (χ1n) is 5.94. The third-order valence-corrected chi connectivity index (χ3v) is 2.90. The molecule has 0 spiro atoms. The lowest BCUT2D eigenvalue weighted by Gasteiger charge is -2.15. The van der Waals surface area contributed by atoms with Gasteiger partial charge in [0.25, 0.3) is 5.91 Å². The summed E-state index contributed by atoms with van der Waals surface area (Å²) < 4.78 is 18.1. The van der Waals surface area contributed by atoms with E-state index in [1.165, 1.54) is 18.2 Å². The highest BCUT2D eigenvalue weighted by Gasteiger charge is 2.09. The first kappa shape index (κ1) is 14.8. The van der Waals surface area contributed by atoms with E-state index < -0.39 is 5.82 Å². The Bertz CT molecular complexity index is 408. The van der Waals surface area contributed by atoms with Crippen molar-refractivity contribution in [2.24, 2.45) is 0 Å². The van der Waals surface area contributed by atoms with Gasteiger partial charge in [-0.2, -0.15) is 0 Å². The molecule has 0 aromatic heterocycles. The molecule has 100 valence electrons. The van der Waals surface area contributed by atoms with Crippen molar-refractivity contribution < 1.29 is 13.9 Å². The summed E-state index contributed by atoms with van der Waals surface area (Å²) in [6, 6.07) is 4.15. The number of halogens is 2. The highest BCUT2D eigenvalue weighted by atomic mass is 35.5. The van der Waals surface area contributed by atoms with E-state index >= 15 is 0 Å². The molecular formula is C13H17ClFNO2. The summed E-state index contributed by atoms with van der Waals surface area (Å²) in [6.45, 7) is 3.92. The van der Waals surface area contributed by atoms with Crippen LogP contribution in [0.3, 0.4) is 0 Å². The Labute approximate surface area is 111 Å². The van der Waals surface area contributed by atoms with E-state index in [1.807, 2.05) is 13.8 Å². The summed E-state index contributed by atoms with van der Waals surface area (Å²) >= 11 is 5.60. The molecular weight excluding hydrogens is 257 g/mol. The number of benzene rings is 1. The van der Waals surface area contributed by atoms with Crippen molar-refractivity contribution in [2.45, 2.75) is 32.7 Å². The van der Waals surface area contributed by atoms with Gasteiger partial charge in [-0.05, 0) is 25.0 Å². The molecule has 0 heterocycles. The Balaban J connectivity index is 2.44. The summed E-state index contributed by atoms with van der Waals surface area (Å²) in [7, 11) is 0. The van der Waals surface area contributed by atoms with Gasteiger partial charge in [0.1, 0.15) is 11.6 Å². The third-order valence-electron chi connectivity index (χ3n) is 2.61. The van der Waals surface area contributed by atoms with Crippen molar-refractivity contribution in [1.82, 2.24) is 5.32 Å². The third kappa shape index (κ3) is 4.53. The molecule has 1 aromatic carbocycles. The summed E-state index contributed by atoms with van der Waals surface area (Å²) in [4.78, 5) is 11.6. The minimum absolute atomic E-state index is 0.0205. The molecule has 0 aliphatic heterocycles. The first-order chi connectivity index (χ1) is 8.56. The van der Waals surface area contributed by atoms with Crippen LogP contribution in [-0.4, -0.2) is 18.6 Å². The lowest BCUT2D eigenvalue weighted by atomic mass is 10.2. The number of amides is 1. The average Bonchev–Trinajstić information content (AvgIpc) is 2.37. The van der Waals surface area contributed by atoms with Gasteiger partial charge >= 0.3 is 0 Å². The van der Waals surface area contributed by atoms with Crippen LogP contribution in [0.25, 0.3) is 0 Å². The van der Waals surface area contributed by atoms with Gasteiger partial charge in [-0.1, -0.05) is 25.4 Å². The maximum atomic E-state index is 12.9. The Kier molecular flexibility index (Phi) is 5.92. The molecule has 5 heteroatoms. The fraction of sp³-hybridized carbons (Fsp3) is 0.462. The number of rotatable bonds is 6. The second kappa shape index (κ2) is 7.21. The van der Waals surface area contributed by atoms with E-state index in [4.69, 9.17) is 16.3 Å². The van der Waals surface area contributed by atoms with Gasteiger partial charge in [0.15, 0.2) is 6.61 Å². The maximum absolute atomic E-state index is 12.9. The molecule has 0 radical (unpaired) electrons. The van der Waals surface area contributed by atoms with E-state index in [0.29, 0.717) is 5.75 Å². The normalized spacial score (nSPS) is 10.5.